The van der Waals surface area contributed by atoms with Gasteiger partial charge < -0.3 is 10.6 Å². The third kappa shape index (κ3) is 3.85. The molecule has 3 aromatic rings. The normalized spacial score (nSPS) is 19.4. The number of halogens is 5. The van der Waals surface area contributed by atoms with Crippen LogP contribution in [0, 0.1) is 0 Å². The summed E-state index contributed by atoms with van der Waals surface area (Å²) in [5, 5.41) is 14.9. The maximum atomic E-state index is 13.9. The molecule has 1 aliphatic heterocycles. The summed E-state index contributed by atoms with van der Waals surface area (Å²) in [4.78, 5) is 4.31. The number of fused-ring (bicyclic) bond motifs is 1. The van der Waals surface area contributed by atoms with E-state index in [0.29, 0.717) is 34.5 Å². The molecular formula is C18H16ClF4N5. The maximum Gasteiger partial charge on any atom is 0.416 e. The molecule has 0 saturated carbocycles. The number of aromatic nitrogens is 3. The molecule has 1 saturated heterocycles. The minimum absolute atomic E-state index is 0. The number of pyridine rings is 1. The second-order valence-electron chi connectivity index (χ2n) is 6.30. The van der Waals surface area contributed by atoms with Gasteiger partial charge in [-0.25, -0.2) is 4.39 Å². The van der Waals surface area contributed by atoms with E-state index in [1.807, 2.05) is 0 Å². The molecule has 10 heteroatoms. The van der Waals surface area contributed by atoms with Gasteiger partial charge in [-0.05, 0) is 24.3 Å². The molecule has 0 amide bonds. The van der Waals surface area contributed by atoms with Crippen molar-refractivity contribution < 1.29 is 17.6 Å². The monoisotopic (exact) mass is 413 g/mol. The average molecular weight is 414 g/mol. The Morgan fingerprint density at radius 2 is 1.79 bits per heavy atom. The summed E-state index contributed by atoms with van der Waals surface area (Å²) in [5.74, 6) is 0.394. The van der Waals surface area contributed by atoms with Gasteiger partial charge >= 0.3 is 6.18 Å². The standard InChI is InChI=1S/C18H15F4N5.ClH/c19-13-8-23-9-14(13)25-17-12-2-1-7-24-16(12)15(26-27-17)10-3-5-11(6-4-10)18(20,21)22;/h1-7,13-14,23H,8-9H2,(H,25,27);1H/t13-,14-;/m1./s1. The van der Waals surface area contributed by atoms with E-state index in [2.05, 4.69) is 25.8 Å². The fraction of sp³-hybridized carbons (Fsp3) is 0.278. The highest BCUT2D eigenvalue weighted by Gasteiger charge is 2.30. The number of anilines is 1. The van der Waals surface area contributed by atoms with Crippen molar-refractivity contribution in [1.82, 2.24) is 20.5 Å². The molecule has 148 valence electrons. The zero-order valence-corrected chi connectivity index (χ0v) is 15.2. The molecule has 2 aromatic heterocycles. The van der Waals surface area contributed by atoms with Crippen LogP contribution in [0.3, 0.4) is 0 Å². The molecule has 1 aliphatic rings. The third-order valence-corrected chi connectivity index (χ3v) is 4.49. The van der Waals surface area contributed by atoms with Crippen molar-refractivity contribution in [2.75, 3.05) is 18.4 Å². The topological polar surface area (TPSA) is 62.7 Å². The number of alkyl halides is 4. The molecule has 1 aromatic carbocycles. The Morgan fingerprint density at radius 3 is 2.43 bits per heavy atom. The molecule has 0 bridgehead atoms. The lowest BCUT2D eigenvalue weighted by atomic mass is 10.1. The highest BCUT2D eigenvalue weighted by Crippen LogP contribution is 2.33. The molecular weight excluding hydrogens is 398 g/mol. The van der Waals surface area contributed by atoms with Crippen LogP contribution in [0.5, 0.6) is 0 Å². The van der Waals surface area contributed by atoms with E-state index in [9.17, 15) is 17.6 Å². The van der Waals surface area contributed by atoms with Crippen LogP contribution in [0.25, 0.3) is 22.2 Å². The summed E-state index contributed by atoms with van der Waals surface area (Å²) >= 11 is 0. The Bertz CT molecular complexity index is 964. The first kappa shape index (κ1) is 20.2. The minimum atomic E-state index is -4.41. The minimum Gasteiger partial charge on any atom is -0.361 e. The first-order valence-electron chi connectivity index (χ1n) is 8.34. The third-order valence-electron chi connectivity index (χ3n) is 4.49. The fourth-order valence-corrected chi connectivity index (χ4v) is 3.07. The van der Waals surface area contributed by atoms with Gasteiger partial charge in [0.1, 0.15) is 17.4 Å². The molecule has 2 N–H and O–H groups in total. The summed E-state index contributed by atoms with van der Waals surface area (Å²) < 4.78 is 52.2. The van der Waals surface area contributed by atoms with E-state index in [1.54, 1.807) is 18.3 Å². The molecule has 0 aliphatic carbocycles. The van der Waals surface area contributed by atoms with Crippen LogP contribution in [-0.4, -0.2) is 40.5 Å². The fourth-order valence-electron chi connectivity index (χ4n) is 3.07. The van der Waals surface area contributed by atoms with Gasteiger partial charge in [-0.1, -0.05) is 12.1 Å². The quantitative estimate of drug-likeness (QED) is 0.638. The van der Waals surface area contributed by atoms with Crippen LogP contribution in [0.15, 0.2) is 42.6 Å². The zero-order chi connectivity index (χ0) is 19.0. The Labute approximate surface area is 164 Å². The van der Waals surface area contributed by atoms with Gasteiger partial charge in [0, 0.05) is 30.2 Å². The van der Waals surface area contributed by atoms with Crippen molar-refractivity contribution in [3.8, 4) is 11.3 Å². The number of nitrogens with one attached hydrogen (secondary N) is 2. The van der Waals surface area contributed by atoms with E-state index in [-0.39, 0.29) is 19.0 Å². The summed E-state index contributed by atoms with van der Waals surface area (Å²) in [6.07, 6.45) is -3.89. The molecule has 4 rings (SSSR count). The lowest BCUT2D eigenvalue weighted by molar-refractivity contribution is -0.137. The van der Waals surface area contributed by atoms with Gasteiger partial charge in [0.15, 0.2) is 5.82 Å². The second kappa shape index (κ2) is 7.84. The van der Waals surface area contributed by atoms with Gasteiger partial charge in [0.05, 0.1) is 11.6 Å². The molecule has 0 unspecified atom stereocenters. The smallest absolute Gasteiger partial charge is 0.361 e. The lowest BCUT2D eigenvalue weighted by Gasteiger charge is -2.16. The SMILES string of the molecule is Cl.F[C@@H]1CNC[C@H]1Nc1nnc(-c2ccc(C(F)(F)F)cc2)c2ncccc12. The Balaban J connectivity index is 0.00000225. The number of nitrogens with zero attached hydrogens (tertiary/aromatic N) is 3. The first-order valence-corrected chi connectivity index (χ1v) is 8.34. The first-order chi connectivity index (χ1) is 12.9. The van der Waals surface area contributed by atoms with Crippen LogP contribution < -0.4 is 10.6 Å². The molecule has 2 atom stereocenters. The van der Waals surface area contributed by atoms with Crippen molar-refractivity contribution in [1.29, 1.82) is 0 Å². The van der Waals surface area contributed by atoms with E-state index in [0.717, 1.165) is 12.1 Å². The van der Waals surface area contributed by atoms with Gasteiger partial charge in [0.25, 0.3) is 0 Å². The van der Waals surface area contributed by atoms with Crippen molar-refractivity contribution in [3.63, 3.8) is 0 Å². The van der Waals surface area contributed by atoms with Gasteiger partial charge in [-0.3, -0.25) is 4.98 Å². The summed E-state index contributed by atoms with van der Waals surface area (Å²) in [7, 11) is 0. The lowest BCUT2D eigenvalue weighted by Crippen LogP contribution is -2.30. The van der Waals surface area contributed by atoms with Crippen molar-refractivity contribution in [2.24, 2.45) is 0 Å². The number of hydrogen-bond acceptors (Lipinski definition) is 5. The largest absolute Gasteiger partial charge is 0.416 e. The highest BCUT2D eigenvalue weighted by atomic mass is 35.5. The van der Waals surface area contributed by atoms with E-state index in [1.165, 1.54) is 12.1 Å². The molecule has 5 nitrogen and oxygen atoms in total. The van der Waals surface area contributed by atoms with Crippen molar-refractivity contribution in [3.05, 3.63) is 48.2 Å². The molecule has 0 spiro atoms. The number of rotatable bonds is 3. The van der Waals surface area contributed by atoms with Gasteiger partial charge in [0.2, 0.25) is 0 Å². The van der Waals surface area contributed by atoms with Crippen LogP contribution in [0.2, 0.25) is 0 Å². The summed E-state index contributed by atoms with van der Waals surface area (Å²) in [6.45, 7) is 0.732. The zero-order valence-electron chi connectivity index (χ0n) is 14.4. The number of benzene rings is 1. The van der Waals surface area contributed by atoms with E-state index >= 15 is 0 Å². The van der Waals surface area contributed by atoms with Gasteiger partial charge in [-0.2, -0.15) is 13.2 Å². The summed E-state index contributed by atoms with van der Waals surface area (Å²) in [5.41, 5.74) is 0.580. The second-order valence-corrected chi connectivity index (χ2v) is 6.30. The van der Waals surface area contributed by atoms with Crippen LogP contribution in [0.1, 0.15) is 5.56 Å². The highest BCUT2D eigenvalue weighted by molar-refractivity contribution is 5.97. The van der Waals surface area contributed by atoms with Crippen molar-refractivity contribution in [2.45, 2.75) is 18.4 Å². The molecule has 1 fully saturated rings. The maximum absolute atomic E-state index is 13.9. The molecule has 28 heavy (non-hydrogen) atoms. The Hall–Kier alpha value is -2.52. The molecule has 3 heterocycles. The predicted molar refractivity (Wildman–Crippen MR) is 100 cm³/mol. The van der Waals surface area contributed by atoms with Gasteiger partial charge in [-0.15, -0.1) is 22.6 Å². The van der Waals surface area contributed by atoms with Crippen LogP contribution in [0.4, 0.5) is 23.4 Å². The van der Waals surface area contributed by atoms with Crippen LogP contribution in [-0.2, 0) is 6.18 Å². The van der Waals surface area contributed by atoms with E-state index in [4.69, 9.17) is 0 Å². The predicted octanol–water partition coefficient (Wildman–Crippen LogP) is 3.85. The van der Waals surface area contributed by atoms with Crippen molar-refractivity contribution >= 4 is 29.1 Å². The Morgan fingerprint density at radius 1 is 1.04 bits per heavy atom. The average Bonchev–Trinajstić information content (AvgIpc) is 3.06. The molecule has 0 radical (unpaired) electrons. The Kier molecular flexibility index (Phi) is 5.66. The summed E-state index contributed by atoms with van der Waals surface area (Å²) in [6, 6.07) is 7.72. The van der Waals surface area contributed by atoms with E-state index < -0.39 is 24.0 Å². The number of hydrogen-bond donors (Lipinski definition) is 2. The van der Waals surface area contributed by atoms with Crippen LogP contribution >= 0.6 is 12.4 Å².